The third kappa shape index (κ3) is 4.35. The van der Waals surface area contributed by atoms with Crippen LogP contribution in [0.2, 0.25) is 0 Å². The Kier molecular flexibility index (Phi) is 4.66. The third-order valence-corrected chi connectivity index (χ3v) is 2.88. The van der Waals surface area contributed by atoms with Gasteiger partial charge in [-0.25, -0.2) is 4.39 Å². The molecule has 1 amide bonds. The van der Waals surface area contributed by atoms with Crippen molar-refractivity contribution in [1.82, 2.24) is 5.32 Å². The predicted octanol–water partition coefficient (Wildman–Crippen LogP) is 3.46. The Balaban J connectivity index is 1.86. The van der Waals surface area contributed by atoms with Crippen molar-refractivity contribution in [3.63, 3.8) is 0 Å². The van der Waals surface area contributed by atoms with E-state index in [-0.39, 0.29) is 11.7 Å². The number of aryl methyl sites for hydroxylation is 1. The molecule has 0 atom stereocenters. The minimum Gasteiger partial charge on any atom is -0.348 e. The van der Waals surface area contributed by atoms with Gasteiger partial charge in [-0.15, -0.1) is 0 Å². The number of halogens is 1. The summed E-state index contributed by atoms with van der Waals surface area (Å²) in [5.41, 5.74) is 3.03. The van der Waals surface area contributed by atoms with Crippen LogP contribution in [0.4, 0.5) is 4.39 Å². The van der Waals surface area contributed by atoms with Crippen LogP contribution in [0.5, 0.6) is 0 Å². The standard InChI is InChI=1S/C17H16FNO/c1-13-2-4-14(5-3-13)8-11-17(20)19-12-15-6-9-16(18)10-7-15/h2-11H,12H2,1H3,(H,19,20)/b11-8+. The van der Waals surface area contributed by atoms with E-state index in [2.05, 4.69) is 5.32 Å². The summed E-state index contributed by atoms with van der Waals surface area (Å²) in [5, 5.41) is 2.75. The highest BCUT2D eigenvalue weighted by atomic mass is 19.1. The molecule has 1 N–H and O–H groups in total. The van der Waals surface area contributed by atoms with Gasteiger partial charge in [0, 0.05) is 12.6 Å². The van der Waals surface area contributed by atoms with E-state index in [4.69, 9.17) is 0 Å². The molecule has 0 heterocycles. The monoisotopic (exact) mass is 269 g/mol. The molecular formula is C17H16FNO. The zero-order valence-corrected chi connectivity index (χ0v) is 11.3. The van der Waals surface area contributed by atoms with Crippen molar-refractivity contribution in [2.45, 2.75) is 13.5 Å². The number of benzene rings is 2. The number of amides is 1. The molecular weight excluding hydrogens is 253 g/mol. The normalized spacial score (nSPS) is 10.7. The third-order valence-electron chi connectivity index (χ3n) is 2.88. The van der Waals surface area contributed by atoms with Crippen molar-refractivity contribution in [2.75, 3.05) is 0 Å². The van der Waals surface area contributed by atoms with Crippen molar-refractivity contribution in [1.29, 1.82) is 0 Å². The minimum absolute atomic E-state index is 0.171. The van der Waals surface area contributed by atoms with E-state index in [1.807, 2.05) is 31.2 Å². The molecule has 0 radical (unpaired) electrons. The van der Waals surface area contributed by atoms with E-state index in [1.54, 1.807) is 18.2 Å². The molecule has 2 aromatic carbocycles. The summed E-state index contributed by atoms with van der Waals surface area (Å²) in [5.74, 6) is -0.450. The van der Waals surface area contributed by atoms with E-state index in [9.17, 15) is 9.18 Å². The summed E-state index contributed by atoms with van der Waals surface area (Å²) in [6, 6.07) is 14.0. The Morgan fingerprint density at radius 2 is 1.75 bits per heavy atom. The molecule has 0 aliphatic rings. The molecule has 0 unspecified atom stereocenters. The van der Waals surface area contributed by atoms with E-state index < -0.39 is 0 Å². The van der Waals surface area contributed by atoms with Gasteiger partial charge in [-0.3, -0.25) is 4.79 Å². The second-order valence-corrected chi connectivity index (χ2v) is 4.59. The van der Waals surface area contributed by atoms with Gasteiger partial charge in [0.15, 0.2) is 0 Å². The number of carbonyl (C=O) groups is 1. The average Bonchev–Trinajstić information content (AvgIpc) is 2.46. The quantitative estimate of drug-likeness (QED) is 0.846. The first-order chi connectivity index (χ1) is 9.63. The Morgan fingerprint density at radius 1 is 1.10 bits per heavy atom. The summed E-state index contributed by atoms with van der Waals surface area (Å²) in [6.07, 6.45) is 3.26. The van der Waals surface area contributed by atoms with E-state index >= 15 is 0 Å². The van der Waals surface area contributed by atoms with Crippen molar-refractivity contribution < 1.29 is 9.18 Å². The van der Waals surface area contributed by atoms with Crippen molar-refractivity contribution in [3.8, 4) is 0 Å². The van der Waals surface area contributed by atoms with Crippen molar-refractivity contribution in [3.05, 3.63) is 77.1 Å². The molecule has 0 aliphatic heterocycles. The van der Waals surface area contributed by atoms with Crippen LogP contribution in [-0.4, -0.2) is 5.91 Å². The SMILES string of the molecule is Cc1ccc(/C=C/C(=O)NCc2ccc(F)cc2)cc1. The Morgan fingerprint density at radius 3 is 2.40 bits per heavy atom. The van der Waals surface area contributed by atoms with E-state index in [0.717, 1.165) is 11.1 Å². The number of hydrogen-bond donors (Lipinski definition) is 1. The molecule has 0 saturated carbocycles. The number of carbonyl (C=O) groups excluding carboxylic acids is 1. The largest absolute Gasteiger partial charge is 0.348 e. The average molecular weight is 269 g/mol. The fraction of sp³-hybridized carbons (Fsp3) is 0.118. The van der Waals surface area contributed by atoms with Crippen molar-refractivity contribution >= 4 is 12.0 Å². The van der Waals surface area contributed by atoms with Crippen molar-refractivity contribution in [2.24, 2.45) is 0 Å². The molecule has 2 rings (SSSR count). The van der Waals surface area contributed by atoms with Crippen LogP contribution in [0.25, 0.3) is 6.08 Å². The second-order valence-electron chi connectivity index (χ2n) is 4.59. The zero-order valence-electron chi connectivity index (χ0n) is 11.3. The molecule has 0 bridgehead atoms. The fourth-order valence-corrected chi connectivity index (χ4v) is 1.70. The molecule has 20 heavy (non-hydrogen) atoms. The molecule has 3 heteroatoms. The Bertz CT molecular complexity index is 600. The van der Waals surface area contributed by atoms with E-state index in [0.29, 0.717) is 6.54 Å². The highest BCUT2D eigenvalue weighted by molar-refractivity contribution is 5.91. The molecule has 2 aromatic rings. The summed E-state index contributed by atoms with van der Waals surface area (Å²) >= 11 is 0. The number of rotatable bonds is 4. The topological polar surface area (TPSA) is 29.1 Å². The molecule has 102 valence electrons. The van der Waals surface area contributed by atoms with Crippen LogP contribution in [0.1, 0.15) is 16.7 Å². The summed E-state index contributed by atoms with van der Waals surface area (Å²) in [6.45, 7) is 2.40. The van der Waals surface area contributed by atoms with E-state index in [1.165, 1.54) is 23.8 Å². The molecule has 0 fully saturated rings. The molecule has 0 spiro atoms. The van der Waals surface area contributed by atoms with Crippen LogP contribution >= 0.6 is 0 Å². The lowest BCUT2D eigenvalue weighted by Gasteiger charge is -2.02. The summed E-state index contributed by atoms with van der Waals surface area (Å²) in [7, 11) is 0. The highest BCUT2D eigenvalue weighted by Crippen LogP contribution is 2.05. The molecule has 0 saturated heterocycles. The summed E-state index contributed by atoms with van der Waals surface area (Å²) < 4.78 is 12.7. The Hall–Kier alpha value is -2.42. The Labute approximate surface area is 118 Å². The number of hydrogen-bond acceptors (Lipinski definition) is 1. The molecule has 2 nitrogen and oxygen atoms in total. The van der Waals surface area contributed by atoms with Crippen LogP contribution in [0.15, 0.2) is 54.6 Å². The van der Waals surface area contributed by atoms with Gasteiger partial charge in [0.1, 0.15) is 5.82 Å². The highest BCUT2D eigenvalue weighted by Gasteiger charge is 1.97. The lowest BCUT2D eigenvalue weighted by Crippen LogP contribution is -2.20. The van der Waals surface area contributed by atoms with Crippen LogP contribution < -0.4 is 5.32 Å². The molecule has 0 aromatic heterocycles. The van der Waals surface area contributed by atoms with Crippen LogP contribution in [0.3, 0.4) is 0 Å². The lowest BCUT2D eigenvalue weighted by atomic mass is 10.1. The maximum absolute atomic E-state index is 12.7. The van der Waals surface area contributed by atoms with Gasteiger partial charge in [-0.1, -0.05) is 42.0 Å². The van der Waals surface area contributed by atoms with Gasteiger partial charge in [-0.2, -0.15) is 0 Å². The van der Waals surface area contributed by atoms with Crippen LogP contribution in [0, 0.1) is 12.7 Å². The maximum atomic E-state index is 12.7. The van der Waals surface area contributed by atoms with Gasteiger partial charge >= 0.3 is 0 Å². The van der Waals surface area contributed by atoms with Gasteiger partial charge in [0.25, 0.3) is 0 Å². The minimum atomic E-state index is -0.278. The predicted molar refractivity (Wildman–Crippen MR) is 78.5 cm³/mol. The van der Waals surface area contributed by atoms with Gasteiger partial charge in [-0.05, 0) is 36.3 Å². The molecule has 0 aliphatic carbocycles. The maximum Gasteiger partial charge on any atom is 0.244 e. The number of nitrogens with one attached hydrogen (secondary N) is 1. The van der Waals surface area contributed by atoms with Gasteiger partial charge in [0.2, 0.25) is 5.91 Å². The smallest absolute Gasteiger partial charge is 0.244 e. The second kappa shape index (κ2) is 6.66. The van der Waals surface area contributed by atoms with Crippen LogP contribution in [-0.2, 0) is 11.3 Å². The first-order valence-corrected chi connectivity index (χ1v) is 6.40. The first-order valence-electron chi connectivity index (χ1n) is 6.40. The fourth-order valence-electron chi connectivity index (χ4n) is 1.70. The zero-order chi connectivity index (χ0) is 14.4. The first kappa shape index (κ1) is 14.0. The van der Waals surface area contributed by atoms with Gasteiger partial charge < -0.3 is 5.32 Å². The van der Waals surface area contributed by atoms with Gasteiger partial charge in [0.05, 0.1) is 0 Å². The lowest BCUT2D eigenvalue weighted by molar-refractivity contribution is -0.116. The summed E-state index contributed by atoms with van der Waals surface area (Å²) in [4.78, 5) is 11.7.